The molecular weight excluding hydrogens is 166 g/mol. The second-order valence-corrected chi connectivity index (χ2v) is 4.54. The average molecular weight is 187 g/mol. The summed E-state index contributed by atoms with van der Waals surface area (Å²) in [6, 6.07) is 0. The number of morpholine rings is 1. The van der Waals surface area contributed by atoms with Gasteiger partial charge in [-0.05, 0) is 27.2 Å². The Hall–Kier alpha value is -0.120. The van der Waals surface area contributed by atoms with E-state index in [4.69, 9.17) is 4.74 Å². The van der Waals surface area contributed by atoms with E-state index in [1.807, 2.05) is 13.8 Å². The molecule has 1 atom stereocenters. The van der Waals surface area contributed by atoms with Gasteiger partial charge in [-0.3, -0.25) is 4.90 Å². The number of aliphatic hydroxyl groups is 1. The third-order valence-electron chi connectivity index (χ3n) is 2.37. The van der Waals surface area contributed by atoms with Crippen LogP contribution in [0.3, 0.4) is 0 Å². The van der Waals surface area contributed by atoms with Crippen LogP contribution in [0.4, 0.5) is 0 Å². The van der Waals surface area contributed by atoms with Crippen LogP contribution in [0.25, 0.3) is 0 Å². The largest absolute Gasteiger partial charge is 0.390 e. The smallest absolute Gasteiger partial charge is 0.0674 e. The van der Waals surface area contributed by atoms with Gasteiger partial charge in [0.05, 0.1) is 18.3 Å². The number of nitrogens with zero attached hydrogens (tertiary/aromatic N) is 1. The standard InChI is InChI=1S/C10H21NO2/c1-9-8-11(6-7-13-9)5-4-10(2,3)12/h9,12H,4-8H2,1-3H3/t9-/m0/s1. The van der Waals surface area contributed by atoms with E-state index in [2.05, 4.69) is 11.8 Å². The maximum absolute atomic E-state index is 9.56. The van der Waals surface area contributed by atoms with Crippen LogP contribution < -0.4 is 0 Å². The Morgan fingerprint density at radius 3 is 2.77 bits per heavy atom. The van der Waals surface area contributed by atoms with Crippen LogP contribution in [0.5, 0.6) is 0 Å². The fraction of sp³-hybridized carbons (Fsp3) is 1.00. The third-order valence-corrected chi connectivity index (χ3v) is 2.37. The number of hydrogen-bond donors (Lipinski definition) is 1. The van der Waals surface area contributed by atoms with E-state index in [9.17, 15) is 5.11 Å². The molecule has 1 fully saturated rings. The molecule has 1 aliphatic heterocycles. The molecule has 1 rings (SSSR count). The van der Waals surface area contributed by atoms with Crippen molar-refractivity contribution in [2.75, 3.05) is 26.2 Å². The van der Waals surface area contributed by atoms with Crippen molar-refractivity contribution in [3.05, 3.63) is 0 Å². The van der Waals surface area contributed by atoms with E-state index < -0.39 is 5.60 Å². The minimum Gasteiger partial charge on any atom is -0.390 e. The predicted molar refractivity (Wildman–Crippen MR) is 52.8 cm³/mol. The van der Waals surface area contributed by atoms with Crippen molar-refractivity contribution in [1.29, 1.82) is 0 Å². The van der Waals surface area contributed by atoms with Crippen molar-refractivity contribution in [2.24, 2.45) is 0 Å². The van der Waals surface area contributed by atoms with E-state index in [0.29, 0.717) is 6.10 Å². The zero-order valence-electron chi connectivity index (χ0n) is 8.92. The molecule has 3 heteroatoms. The molecule has 0 unspecified atom stereocenters. The summed E-state index contributed by atoms with van der Waals surface area (Å²) < 4.78 is 5.44. The van der Waals surface area contributed by atoms with E-state index in [1.54, 1.807) is 0 Å². The van der Waals surface area contributed by atoms with Crippen molar-refractivity contribution >= 4 is 0 Å². The SMILES string of the molecule is C[C@H]1CN(CCC(C)(C)O)CCO1. The average Bonchev–Trinajstić information content (AvgIpc) is 2.00. The molecule has 0 amide bonds. The summed E-state index contributed by atoms with van der Waals surface area (Å²) in [5.74, 6) is 0. The Bertz CT molecular complexity index is 153. The third kappa shape index (κ3) is 4.60. The Morgan fingerprint density at radius 1 is 1.54 bits per heavy atom. The Kier molecular flexibility index (Phi) is 3.71. The Labute approximate surface area is 80.7 Å². The summed E-state index contributed by atoms with van der Waals surface area (Å²) in [5.41, 5.74) is -0.540. The zero-order valence-corrected chi connectivity index (χ0v) is 8.92. The molecule has 1 heterocycles. The lowest BCUT2D eigenvalue weighted by atomic mass is 10.1. The van der Waals surface area contributed by atoms with Gasteiger partial charge in [-0.1, -0.05) is 0 Å². The molecule has 13 heavy (non-hydrogen) atoms. The van der Waals surface area contributed by atoms with Gasteiger partial charge in [0.25, 0.3) is 0 Å². The van der Waals surface area contributed by atoms with Gasteiger partial charge in [0.2, 0.25) is 0 Å². The van der Waals surface area contributed by atoms with Crippen LogP contribution in [0.15, 0.2) is 0 Å². The Morgan fingerprint density at radius 2 is 2.23 bits per heavy atom. The first-order valence-electron chi connectivity index (χ1n) is 5.04. The van der Waals surface area contributed by atoms with E-state index >= 15 is 0 Å². The van der Waals surface area contributed by atoms with Crippen LogP contribution in [0.2, 0.25) is 0 Å². The molecule has 0 bridgehead atoms. The molecule has 1 N–H and O–H groups in total. The lowest BCUT2D eigenvalue weighted by Gasteiger charge is -2.32. The second kappa shape index (κ2) is 4.40. The lowest BCUT2D eigenvalue weighted by Crippen LogP contribution is -2.43. The maximum Gasteiger partial charge on any atom is 0.0674 e. The topological polar surface area (TPSA) is 32.7 Å². The maximum atomic E-state index is 9.56. The van der Waals surface area contributed by atoms with Crippen molar-refractivity contribution < 1.29 is 9.84 Å². The molecule has 1 aliphatic rings. The second-order valence-electron chi connectivity index (χ2n) is 4.54. The van der Waals surface area contributed by atoms with Gasteiger partial charge in [-0.25, -0.2) is 0 Å². The Balaban J connectivity index is 2.21. The van der Waals surface area contributed by atoms with E-state index in [1.165, 1.54) is 0 Å². The van der Waals surface area contributed by atoms with Gasteiger partial charge in [0.1, 0.15) is 0 Å². The van der Waals surface area contributed by atoms with Crippen LogP contribution in [-0.2, 0) is 4.74 Å². The predicted octanol–water partition coefficient (Wildman–Crippen LogP) is 0.868. The summed E-state index contributed by atoms with van der Waals surface area (Å²) in [4.78, 5) is 2.35. The molecule has 0 aromatic heterocycles. The summed E-state index contributed by atoms with van der Waals surface area (Å²) in [5, 5.41) is 9.56. The van der Waals surface area contributed by atoms with E-state index in [-0.39, 0.29) is 0 Å². The molecular formula is C10H21NO2. The fourth-order valence-corrected chi connectivity index (χ4v) is 1.53. The van der Waals surface area contributed by atoms with Crippen molar-refractivity contribution in [1.82, 2.24) is 4.90 Å². The molecule has 0 saturated carbocycles. The molecule has 0 spiro atoms. The molecule has 78 valence electrons. The number of rotatable bonds is 3. The normalized spacial score (nSPS) is 26.3. The first-order valence-corrected chi connectivity index (χ1v) is 5.04. The van der Waals surface area contributed by atoms with Crippen LogP contribution in [-0.4, -0.2) is 48.0 Å². The van der Waals surface area contributed by atoms with Crippen molar-refractivity contribution in [3.63, 3.8) is 0 Å². The van der Waals surface area contributed by atoms with Gasteiger partial charge >= 0.3 is 0 Å². The summed E-state index contributed by atoms with van der Waals surface area (Å²) in [6.07, 6.45) is 1.18. The van der Waals surface area contributed by atoms with E-state index in [0.717, 1.165) is 32.7 Å². The summed E-state index contributed by atoms with van der Waals surface area (Å²) in [6.45, 7) is 9.60. The fourth-order valence-electron chi connectivity index (χ4n) is 1.53. The molecule has 1 saturated heterocycles. The van der Waals surface area contributed by atoms with Gasteiger partial charge in [-0.15, -0.1) is 0 Å². The number of hydrogen-bond acceptors (Lipinski definition) is 3. The van der Waals surface area contributed by atoms with Crippen molar-refractivity contribution in [2.45, 2.75) is 38.9 Å². The number of ether oxygens (including phenoxy) is 1. The van der Waals surface area contributed by atoms with Gasteiger partial charge < -0.3 is 9.84 Å². The van der Waals surface area contributed by atoms with Crippen LogP contribution in [0, 0.1) is 0 Å². The molecule has 0 aliphatic carbocycles. The molecule has 0 aromatic carbocycles. The minimum absolute atomic E-state index is 0.343. The van der Waals surface area contributed by atoms with Crippen LogP contribution in [0.1, 0.15) is 27.2 Å². The molecule has 0 radical (unpaired) electrons. The summed E-state index contributed by atoms with van der Waals surface area (Å²) >= 11 is 0. The first-order chi connectivity index (χ1) is 5.97. The van der Waals surface area contributed by atoms with Crippen molar-refractivity contribution in [3.8, 4) is 0 Å². The summed E-state index contributed by atoms with van der Waals surface area (Å²) in [7, 11) is 0. The quantitative estimate of drug-likeness (QED) is 0.711. The van der Waals surface area contributed by atoms with Gasteiger partial charge in [-0.2, -0.15) is 0 Å². The first kappa shape index (κ1) is 11.0. The van der Waals surface area contributed by atoms with Gasteiger partial charge in [0.15, 0.2) is 0 Å². The molecule has 3 nitrogen and oxygen atoms in total. The van der Waals surface area contributed by atoms with Crippen LogP contribution >= 0.6 is 0 Å². The highest BCUT2D eigenvalue weighted by atomic mass is 16.5. The lowest BCUT2D eigenvalue weighted by molar-refractivity contribution is -0.0278. The highest BCUT2D eigenvalue weighted by molar-refractivity contribution is 4.72. The highest BCUT2D eigenvalue weighted by Gasteiger charge is 2.19. The van der Waals surface area contributed by atoms with Gasteiger partial charge in [0, 0.05) is 19.6 Å². The zero-order chi connectivity index (χ0) is 9.90. The monoisotopic (exact) mass is 187 g/mol. The molecule has 0 aromatic rings. The minimum atomic E-state index is -0.540. The highest BCUT2D eigenvalue weighted by Crippen LogP contribution is 2.11.